The number of hydrogen-bond acceptors (Lipinski definition) is 15. The van der Waals surface area contributed by atoms with E-state index in [-0.39, 0.29) is 39.0 Å². The second kappa shape index (κ2) is 10.9. The third kappa shape index (κ3) is 4.73. The molecule has 8 N–H and O–H groups in total. The smallest absolute Gasteiger partial charge is 0.347 e. The Labute approximate surface area is 224 Å². The molecular formula is C25H30O15. The summed E-state index contributed by atoms with van der Waals surface area (Å²) in [6.45, 7) is 1.57. The number of aliphatic hydroxyl groups excluding tert-OH is 7. The number of phenols is 1. The van der Waals surface area contributed by atoms with Crippen molar-refractivity contribution in [2.45, 2.75) is 75.3 Å². The van der Waals surface area contributed by atoms with E-state index in [1.807, 2.05) is 0 Å². The first-order valence-corrected chi connectivity index (χ1v) is 12.4. The van der Waals surface area contributed by atoms with Gasteiger partial charge in [-0.05, 0) is 25.5 Å². The van der Waals surface area contributed by atoms with E-state index in [4.69, 9.17) is 27.8 Å². The minimum Gasteiger partial charge on any atom is -0.504 e. The van der Waals surface area contributed by atoms with Crippen molar-refractivity contribution in [2.24, 2.45) is 0 Å². The number of aryl methyl sites for hydroxylation is 2. The van der Waals surface area contributed by atoms with E-state index in [1.165, 1.54) is 19.1 Å². The average molecular weight is 571 g/mol. The van der Waals surface area contributed by atoms with Crippen molar-refractivity contribution in [3.05, 3.63) is 33.9 Å². The molecule has 0 unspecified atom stereocenters. The summed E-state index contributed by atoms with van der Waals surface area (Å²) in [4.78, 5) is 12.5. The highest BCUT2D eigenvalue weighted by molar-refractivity contribution is 6.07. The van der Waals surface area contributed by atoms with Crippen LogP contribution in [-0.2, 0) is 14.2 Å². The molecule has 1 aromatic carbocycles. The first-order chi connectivity index (χ1) is 19.0. The predicted molar refractivity (Wildman–Crippen MR) is 130 cm³/mol. The fraction of sp³-hybridized carbons (Fsp3) is 0.560. The highest BCUT2D eigenvalue weighted by Gasteiger charge is 2.51. The molecule has 0 bridgehead atoms. The van der Waals surface area contributed by atoms with Crippen molar-refractivity contribution in [3.63, 3.8) is 0 Å². The zero-order valence-electron chi connectivity index (χ0n) is 21.3. The van der Waals surface area contributed by atoms with Crippen LogP contribution in [0.25, 0.3) is 21.9 Å². The van der Waals surface area contributed by atoms with Gasteiger partial charge in [-0.1, -0.05) is 0 Å². The Bertz CT molecular complexity index is 1430. The standard InChI is InChI=1S/C25H30O15/c1-7-3-9-13-10(4-8(2)35-23(13)34)36-20(9)22(14(7)28)40-25-19(33)17(31)21(12(6-27)38-25)39-24-18(32)16(30)15(29)11(5-26)37-24/h3-4,11-12,15-19,21,24-33H,5-6H2,1-2H3/t11-,12-,15+,16+,17-,18-,19-,21-,24+,25+/m1/s1. The molecule has 2 aliphatic rings. The minimum atomic E-state index is -1.87. The molecule has 0 radical (unpaired) electrons. The third-order valence-corrected chi connectivity index (χ3v) is 7.11. The summed E-state index contributed by atoms with van der Waals surface area (Å²) < 4.78 is 33.2. The summed E-state index contributed by atoms with van der Waals surface area (Å²) in [7, 11) is 0. The molecule has 40 heavy (non-hydrogen) atoms. The van der Waals surface area contributed by atoms with Crippen LogP contribution >= 0.6 is 0 Å². The zero-order valence-corrected chi connectivity index (χ0v) is 21.3. The van der Waals surface area contributed by atoms with Crippen LogP contribution in [0.15, 0.2) is 25.8 Å². The van der Waals surface area contributed by atoms with E-state index in [0.717, 1.165) is 0 Å². The lowest BCUT2D eigenvalue weighted by Crippen LogP contribution is -2.65. The molecule has 5 rings (SSSR count). The summed E-state index contributed by atoms with van der Waals surface area (Å²) in [5, 5.41) is 82.5. The fourth-order valence-electron chi connectivity index (χ4n) is 4.94. The predicted octanol–water partition coefficient (Wildman–Crippen LogP) is -2.14. The Morgan fingerprint density at radius 3 is 2.15 bits per heavy atom. The van der Waals surface area contributed by atoms with E-state index >= 15 is 0 Å². The first-order valence-electron chi connectivity index (χ1n) is 12.4. The summed E-state index contributed by atoms with van der Waals surface area (Å²) in [6, 6.07) is 2.97. The molecule has 0 aliphatic carbocycles. The van der Waals surface area contributed by atoms with Crippen LogP contribution < -0.4 is 10.4 Å². The van der Waals surface area contributed by atoms with Crippen LogP contribution in [0.3, 0.4) is 0 Å². The maximum Gasteiger partial charge on any atom is 0.347 e. The molecular weight excluding hydrogens is 540 g/mol. The molecule has 0 spiro atoms. The Morgan fingerprint density at radius 2 is 1.48 bits per heavy atom. The van der Waals surface area contributed by atoms with Gasteiger partial charge in [-0.15, -0.1) is 0 Å². The number of fused-ring (bicyclic) bond motifs is 3. The quantitative estimate of drug-likeness (QED) is 0.158. The van der Waals surface area contributed by atoms with E-state index in [2.05, 4.69) is 0 Å². The topological polar surface area (TPSA) is 242 Å². The van der Waals surface area contributed by atoms with Crippen molar-refractivity contribution in [1.82, 2.24) is 0 Å². The minimum absolute atomic E-state index is 0.0680. The van der Waals surface area contributed by atoms with Gasteiger partial charge in [0, 0.05) is 11.5 Å². The van der Waals surface area contributed by atoms with Gasteiger partial charge in [0.15, 0.2) is 17.6 Å². The van der Waals surface area contributed by atoms with Crippen LogP contribution in [0.1, 0.15) is 11.3 Å². The summed E-state index contributed by atoms with van der Waals surface area (Å²) in [5.74, 6) is -0.437. The normalized spacial score (nSPS) is 34.9. The van der Waals surface area contributed by atoms with Gasteiger partial charge in [-0.3, -0.25) is 0 Å². The van der Waals surface area contributed by atoms with Crippen molar-refractivity contribution in [1.29, 1.82) is 0 Å². The Kier molecular flexibility index (Phi) is 7.79. The van der Waals surface area contributed by atoms with Crippen molar-refractivity contribution in [3.8, 4) is 11.5 Å². The van der Waals surface area contributed by atoms with Crippen LogP contribution in [0, 0.1) is 13.8 Å². The van der Waals surface area contributed by atoms with Gasteiger partial charge in [0.25, 0.3) is 0 Å². The lowest BCUT2D eigenvalue weighted by atomic mass is 9.97. The number of hydrogen-bond donors (Lipinski definition) is 8. The van der Waals surface area contributed by atoms with Crippen molar-refractivity contribution in [2.75, 3.05) is 13.2 Å². The van der Waals surface area contributed by atoms with Crippen LogP contribution in [-0.4, -0.2) is 115 Å². The average Bonchev–Trinajstić information content (AvgIpc) is 3.28. The van der Waals surface area contributed by atoms with Gasteiger partial charge in [0.2, 0.25) is 12.0 Å². The molecule has 2 fully saturated rings. The molecule has 10 atom stereocenters. The van der Waals surface area contributed by atoms with Crippen LogP contribution in [0.5, 0.6) is 11.5 Å². The molecule has 15 heteroatoms. The number of aromatic hydroxyl groups is 1. The highest BCUT2D eigenvalue weighted by atomic mass is 16.7. The number of rotatable bonds is 6. The number of phenolic OH excluding ortho intramolecular Hbond substituents is 1. The molecule has 3 aromatic rings. The Hall–Kier alpha value is -2.83. The Morgan fingerprint density at radius 1 is 0.825 bits per heavy atom. The number of aliphatic hydroxyl groups is 7. The number of furan rings is 1. The van der Waals surface area contributed by atoms with Gasteiger partial charge < -0.3 is 68.6 Å². The molecule has 2 aliphatic heterocycles. The lowest BCUT2D eigenvalue weighted by molar-refractivity contribution is -0.352. The molecule has 4 heterocycles. The Balaban J connectivity index is 1.44. The van der Waals surface area contributed by atoms with Crippen LogP contribution in [0.4, 0.5) is 0 Å². The SMILES string of the molecule is Cc1cc2oc3c(O[C@@H]4O[C@H](CO)[C@@H](O[C@@H]5O[C@H](CO)[C@H](O)[C@H](O)[C@H]5O)[C@H](O)[C@H]4O)c(O)c(C)cc3c2c(=O)o1. The third-order valence-electron chi connectivity index (χ3n) is 7.11. The number of ether oxygens (including phenoxy) is 4. The second-order valence-corrected chi connectivity index (χ2v) is 9.86. The molecule has 0 saturated carbocycles. The first kappa shape index (κ1) is 28.7. The molecule has 2 aromatic heterocycles. The largest absolute Gasteiger partial charge is 0.504 e. The van der Waals surface area contributed by atoms with Gasteiger partial charge in [0.1, 0.15) is 65.6 Å². The zero-order chi connectivity index (χ0) is 29.0. The van der Waals surface area contributed by atoms with Crippen molar-refractivity contribution < 1.29 is 68.6 Å². The van der Waals surface area contributed by atoms with E-state index in [9.17, 15) is 45.6 Å². The maximum absolute atomic E-state index is 12.5. The van der Waals surface area contributed by atoms with Crippen LogP contribution in [0.2, 0.25) is 0 Å². The summed E-state index contributed by atoms with van der Waals surface area (Å²) in [5.41, 5.74) is -0.312. The number of benzene rings is 1. The van der Waals surface area contributed by atoms with Crippen molar-refractivity contribution >= 4 is 21.9 Å². The van der Waals surface area contributed by atoms with E-state index in [1.54, 1.807) is 6.92 Å². The maximum atomic E-state index is 12.5. The molecule has 0 amide bonds. The van der Waals surface area contributed by atoms with E-state index in [0.29, 0.717) is 0 Å². The summed E-state index contributed by atoms with van der Waals surface area (Å²) >= 11 is 0. The second-order valence-electron chi connectivity index (χ2n) is 9.86. The monoisotopic (exact) mass is 570 g/mol. The fourth-order valence-corrected chi connectivity index (χ4v) is 4.94. The van der Waals surface area contributed by atoms with Gasteiger partial charge >= 0.3 is 5.63 Å². The molecule has 220 valence electrons. The highest BCUT2D eigenvalue weighted by Crippen LogP contribution is 2.43. The molecule has 2 saturated heterocycles. The summed E-state index contributed by atoms with van der Waals surface area (Å²) in [6.07, 6.45) is -16.6. The molecule has 15 nitrogen and oxygen atoms in total. The van der Waals surface area contributed by atoms with Gasteiger partial charge in [0.05, 0.1) is 13.2 Å². The van der Waals surface area contributed by atoms with E-state index < -0.39 is 86.0 Å². The lowest BCUT2D eigenvalue weighted by Gasteiger charge is -2.45. The van der Waals surface area contributed by atoms with Gasteiger partial charge in [-0.2, -0.15) is 0 Å². The van der Waals surface area contributed by atoms with Gasteiger partial charge in [-0.25, -0.2) is 4.79 Å².